The number of carbonyl (C=O) groups is 1. The van der Waals surface area contributed by atoms with Gasteiger partial charge in [0.15, 0.2) is 5.52 Å². The third-order valence-corrected chi connectivity index (χ3v) is 4.16. The number of nitrogens with one attached hydrogen (secondary N) is 1. The fourth-order valence-corrected chi connectivity index (χ4v) is 2.83. The maximum atomic E-state index is 12.1. The lowest BCUT2D eigenvalue weighted by molar-refractivity contribution is -0.111. The van der Waals surface area contributed by atoms with Crippen molar-refractivity contribution >= 4 is 39.5 Å². The molecule has 0 fully saturated rings. The zero-order valence-electron chi connectivity index (χ0n) is 11.6. The molecule has 5 nitrogen and oxygen atoms in total. The van der Waals surface area contributed by atoms with E-state index >= 15 is 0 Å². The molecular formula is C15H13N3O2S. The Hall–Kier alpha value is -2.47. The van der Waals surface area contributed by atoms with Crippen LogP contribution in [0.15, 0.2) is 41.0 Å². The number of fused-ring (bicyclic) bond motifs is 1. The van der Waals surface area contributed by atoms with Crippen molar-refractivity contribution in [1.29, 1.82) is 0 Å². The van der Waals surface area contributed by atoms with Crippen molar-refractivity contribution in [3.63, 3.8) is 0 Å². The second-order valence-electron chi connectivity index (χ2n) is 4.66. The first-order chi connectivity index (χ1) is 10.1. The summed E-state index contributed by atoms with van der Waals surface area (Å²) in [6.07, 6.45) is 1.58. The van der Waals surface area contributed by atoms with E-state index < -0.39 is 0 Å². The summed E-state index contributed by atoms with van der Waals surface area (Å²) >= 11 is 1.66. The molecule has 0 spiro atoms. The summed E-state index contributed by atoms with van der Waals surface area (Å²) in [4.78, 5) is 14.4. The first-order valence-corrected chi connectivity index (χ1v) is 7.22. The van der Waals surface area contributed by atoms with E-state index in [1.165, 1.54) is 4.88 Å². The quantitative estimate of drug-likeness (QED) is 0.750. The molecule has 0 radical (unpaired) electrons. The maximum absolute atomic E-state index is 12.1. The summed E-state index contributed by atoms with van der Waals surface area (Å²) in [5, 5.41) is 10.3. The van der Waals surface area contributed by atoms with Gasteiger partial charge < -0.3 is 5.32 Å². The number of nitrogens with zero attached hydrogens (tertiary/aromatic N) is 2. The van der Waals surface area contributed by atoms with Crippen LogP contribution in [0.25, 0.3) is 16.6 Å². The van der Waals surface area contributed by atoms with Gasteiger partial charge in [0, 0.05) is 15.8 Å². The smallest absolute Gasteiger partial charge is 0.248 e. The third-order valence-electron chi connectivity index (χ3n) is 3.02. The van der Waals surface area contributed by atoms with Crippen LogP contribution in [-0.2, 0) is 4.79 Å². The van der Waals surface area contributed by atoms with Gasteiger partial charge >= 0.3 is 0 Å². The lowest BCUT2D eigenvalue weighted by atomic mass is 10.2. The molecule has 0 aliphatic heterocycles. The monoisotopic (exact) mass is 299 g/mol. The van der Waals surface area contributed by atoms with Gasteiger partial charge in [0.2, 0.25) is 5.91 Å². The molecule has 0 atom stereocenters. The molecule has 21 heavy (non-hydrogen) atoms. The Kier molecular flexibility index (Phi) is 3.53. The molecule has 2 aromatic heterocycles. The van der Waals surface area contributed by atoms with Gasteiger partial charge in [-0.25, -0.2) is 4.63 Å². The second-order valence-corrected chi connectivity index (χ2v) is 5.95. The predicted molar refractivity (Wildman–Crippen MR) is 83.1 cm³/mol. The molecule has 3 aromatic rings. The topological polar surface area (TPSA) is 68.0 Å². The van der Waals surface area contributed by atoms with Crippen LogP contribution in [-0.4, -0.2) is 16.2 Å². The van der Waals surface area contributed by atoms with Crippen LogP contribution in [0.1, 0.15) is 16.7 Å². The van der Waals surface area contributed by atoms with Crippen LogP contribution < -0.4 is 5.32 Å². The van der Waals surface area contributed by atoms with Crippen molar-refractivity contribution in [3.05, 3.63) is 46.2 Å². The minimum absolute atomic E-state index is 0.200. The number of allylic oxidation sites excluding steroid dienone is 1. The average molecular weight is 299 g/mol. The summed E-state index contributed by atoms with van der Waals surface area (Å²) in [6.45, 7) is 3.96. The van der Waals surface area contributed by atoms with Gasteiger partial charge in [0.25, 0.3) is 0 Å². The van der Waals surface area contributed by atoms with E-state index in [0.29, 0.717) is 16.7 Å². The standard InChI is InChI=1S/C15H13N3O2S/c1-9(13-7-6-10(2)21-13)8-14(19)16-11-4-3-5-12-15(11)18-20-17-12/h3-8H,1-2H3,(H,16,19). The number of rotatable bonds is 3. The fourth-order valence-electron chi connectivity index (χ4n) is 1.99. The number of amides is 1. The summed E-state index contributed by atoms with van der Waals surface area (Å²) < 4.78 is 4.68. The van der Waals surface area contributed by atoms with E-state index in [2.05, 4.69) is 20.3 Å². The molecule has 0 unspecified atom stereocenters. The highest BCUT2D eigenvalue weighted by molar-refractivity contribution is 7.13. The van der Waals surface area contributed by atoms with Crippen molar-refractivity contribution in [2.75, 3.05) is 5.32 Å². The SMILES string of the molecule is CC(=CC(=O)Nc1cccc2nonc12)c1ccc(C)s1. The number of aromatic nitrogens is 2. The van der Waals surface area contributed by atoms with Gasteiger partial charge in [-0.15, -0.1) is 11.3 Å². The molecule has 6 heteroatoms. The lowest BCUT2D eigenvalue weighted by Gasteiger charge is -2.02. The molecule has 0 saturated heterocycles. The molecule has 0 aliphatic rings. The van der Waals surface area contributed by atoms with Gasteiger partial charge in [-0.2, -0.15) is 0 Å². The minimum Gasteiger partial charge on any atom is -0.320 e. The molecule has 0 bridgehead atoms. The normalized spacial score (nSPS) is 11.8. The first kappa shape index (κ1) is 13.5. The summed E-state index contributed by atoms with van der Waals surface area (Å²) in [5.41, 5.74) is 2.67. The van der Waals surface area contributed by atoms with Crippen molar-refractivity contribution in [2.45, 2.75) is 13.8 Å². The Morgan fingerprint density at radius 2 is 2.14 bits per heavy atom. The van der Waals surface area contributed by atoms with Crippen LogP contribution in [0, 0.1) is 6.92 Å². The van der Waals surface area contributed by atoms with Gasteiger partial charge in [-0.3, -0.25) is 4.79 Å². The van der Waals surface area contributed by atoms with Crippen molar-refractivity contribution in [2.24, 2.45) is 0 Å². The maximum Gasteiger partial charge on any atom is 0.248 e. The first-order valence-electron chi connectivity index (χ1n) is 6.41. The lowest BCUT2D eigenvalue weighted by Crippen LogP contribution is -2.08. The highest BCUT2D eigenvalue weighted by Crippen LogP contribution is 2.24. The van der Waals surface area contributed by atoms with E-state index in [4.69, 9.17) is 0 Å². The Bertz CT molecular complexity index is 832. The van der Waals surface area contributed by atoms with Crippen LogP contribution in [0.2, 0.25) is 0 Å². The highest BCUT2D eigenvalue weighted by atomic mass is 32.1. The molecule has 106 valence electrons. The predicted octanol–water partition coefficient (Wildman–Crippen LogP) is 3.63. The third kappa shape index (κ3) is 2.85. The van der Waals surface area contributed by atoms with Gasteiger partial charge in [0.05, 0.1) is 5.69 Å². The Balaban J connectivity index is 1.82. The van der Waals surface area contributed by atoms with Gasteiger partial charge in [-0.05, 0) is 54.0 Å². The van der Waals surface area contributed by atoms with E-state index in [1.807, 2.05) is 26.0 Å². The fraction of sp³-hybridized carbons (Fsp3) is 0.133. The minimum atomic E-state index is -0.200. The molecule has 1 amide bonds. The molecule has 2 heterocycles. The Morgan fingerprint density at radius 1 is 1.29 bits per heavy atom. The van der Waals surface area contributed by atoms with E-state index in [9.17, 15) is 4.79 Å². The zero-order chi connectivity index (χ0) is 14.8. The summed E-state index contributed by atoms with van der Waals surface area (Å²) in [6, 6.07) is 9.39. The van der Waals surface area contributed by atoms with Gasteiger partial charge in [0.1, 0.15) is 5.52 Å². The van der Waals surface area contributed by atoms with Crippen molar-refractivity contribution in [1.82, 2.24) is 10.3 Å². The summed E-state index contributed by atoms with van der Waals surface area (Å²) in [5.74, 6) is -0.200. The number of aryl methyl sites for hydroxylation is 1. The Labute approximate surface area is 125 Å². The second kappa shape index (κ2) is 5.49. The highest BCUT2D eigenvalue weighted by Gasteiger charge is 2.09. The van der Waals surface area contributed by atoms with Crippen LogP contribution in [0.5, 0.6) is 0 Å². The zero-order valence-corrected chi connectivity index (χ0v) is 12.4. The van der Waals surface area contributed by atoms with Crippen molar-refractivity contribution in [3.8, 4) is 0 Å². The Morgan fingerprint density at radius 3 is 2.90 bits per heavy atom. The van der Waals surface area contributed by atoms with E-state index in [1.54, 1.807) is 35.6 Å². The average Bonchev–Trinajstić information content (AvgIpc) is 3.07. The number of thiophene rings is 1. The number of hydrogen-bond donors (Lipinski definition) is 1. The van der Waals surface area contributed by atoms with E-state index in [-0.39, 0.29) is 5.91 Å². The largest absolute Gasteiger partial charge is 0.320 e. The molecule has 0 saturated carbocycles. The van der Waals surface area contributed by atoms with Crippen LogP contribution in [0.4, 0.5) is 5.69 Å². The molecule has 3 rings (SSSR count). The summed E-state index contributed by atoms with van der Waals surface area (Å²) in [7, 11) is 0. The van der Waals surface area contributed by atoms with Crippen LogP contribution in [0.3, 0.4) is 0 Å². The molecule has 1 N–H and O–H groups in total. The van der Waals surface area contributed by atoms with Crippen LogP contribution >= 0.6 is 11.3 Å². The molecule has 0 aliphatic carbocycles. The van der Waals surface area contributed by atoms with Gasteiger partial charge in [-0.1, -0.05) is 6.07 Å². The van der Waals surface area contributed by atoms with E-state index in [0.717, 1.165) is 10.5 Å². The number of hydrogen-bond acceptors (Lipinski definition) is 5. The number of anilines is 1. The van der Waals surface area contributed by atoms with Crippen molar-refractivity contribution < 1.29 is 9.42 Å². The molecular weight excluding hydrogens is 286 g/mol. The number of benzene rings is 1. The number of carbonyl (C=O) groups excluding carboxylic acids is 1. The molecule has 1 aromatic carbocycles.